The molecular weight excluding hydrogens is 226 g/mol. The summed E-state index contributed by atoms with van der Waals surface area (Å²) >= 11 is 0. The van der Waals surface area contributed by atoms with Gasteiger partial charge in [0, 0.05) is 11.9 Å². The third-order valence-corrected chi connectivity index (χ3v) is 3.31. The number of hydrogen-bond acceptors (Lipinski definition) is 1. The molecule has 0 aliphatic rings. The molecule has 94 valence electrons. The van der Waals surface area contributed by atoms with E-state index in [1.165, 1.54) is 5.56 Å². The second kappa shape index (κ2) is 4.69. The molecule has 0 bridgehead atoms. The van der Waals surface area contributed by atoms with Crippen molar-refractivity contribution < 1.29 is 9.90 Å². The van der Waals surface area contributed by atoms with Gasteiger partial charge in [-0.3, -0.25) is 0 Å². The highest BCUT2D eigenvalue weighted by molar-refractivity contribution is 5.89. The molecule has 0 saturated carbocycles. The fourth-order valence-corrected chi connectivity index (χ4v) is 2.33. The average Bonchev–Trinajstić information content (AvgIpc) is 2.70. The number of hydrogen-bond donors (Lipinski definition) is 1. The first-order valence-electron chi connectivity index (χ1n) is 6.06. The Morgan fingerprint density at radius 1 is 1.28 bits per heavy atom. The fraction of sp³-hybridized carbons (Fsp3) is 0.267. The molecule has 0 aliphatic heterocycles. The van der Waals surface area contributed by atoms with Crippen LogP contribution in [0.4, 0.5) is 0 Å². The van der Waals surface area contributed by atoms with E-state index in [9.17, 15) is 4.79 Å². The van der Waals surface area contributed by atoms with Crippen LogP contribution in [-0.2, 0) is 6.42 Å². The molecule has 0 fully saturated rings. The Morgan fingerprint density at radius 3 is 2.56 bits per heavy atom. The van der Waals surface area contributed by atoms with E-state index < -0.39 is 5.97 Å². The van der Waals surface area contributed by atoms with Crippen LogP contribution in [-0.4, -0.2) is 15.6 Å². The maximum absolute atomic E-state index is 11.1. The second-order valence-electron chi connectivity index (χ2n) is 4.43. The predicted molar refractivity (Wildman–Crippen MR) is 71.6 cm³/mol. The fourth-order valence-electron chi connectivity index (χ4n) is 2.33. The maximum atomic E-state index is 11.1. The molecule has 0 atom stereocenters. The van der Waals surface area contributed by atoms with Crippen molar-refractivity contribution in [3.05, 3.63) is 52.8 Å². The van der Waals surface area contributed by atoms with E-state index >= 15 is 0 Å². The van der Waals surface area contributed by atoms with Crippen LogP contribution in [0.1, 0.15) is 34.1 Å². The number of para-hydroxylation sites is 1. The standard InChI is InChI=1S/C15H17NO2/c1-4-12-7-5-6-10(2)14(12)16-9-8-13(11(16)3)15(17)18/h5-9H,4H2,1-3H3,(H,17,18). The van der Waals surface area contributed by atoms with Crippen molar-refractivity contribution in [1.29, 1.82) is 0 Å². The zero-order chi connectivity index (χ0) is 13.3. The van der Waals surface area contributed by atoms with Gasteiger partial charge >= 0.3 is 5.97 Å². The van der Waals surface area contributed by atoms with Gasteiger partial charge in [0.05, 0.1) is 11.3 Å². The molecular formula is C15H17NO2. The summed E-state index contributed by atoms with van der Waals surface area (Å²) in [4.78, 5) is 11.1. The SMILES string of the molecule is CCc1cccc(C)c1-n1ccc(C(=O)O)c1C. The lowest BCUT2D eigenvalue weighted by atomic mass is 10.1. The number of rotatable bonds is 3. The second-order valence-corrected chi connectivity index (χ2v) is 4.43. The Labute approximate surface area is 107 Å². The molecule has 2 rings (SSSR count). The lowest BCUT2D eigenvalue weighted by molar-refractivity contribution is 0.0696. The Bertz CT molecular complexity index is 597. The first kappa shape index (κ1) is 12.4. The van der Waals surface area contributed by atoms with Crippen molar-refractivity contribution in [3.8, 4) is 5.69 Å². The van der Waals surface area contributed by atoms with Gasteiger partial charge in [-0.1, -0.05) is 25.1 Å². The highest BCUT2D eigenvalue weighted by atomic mass is 16.4. The third-order valence-electron chi connectivity index (χ3n) is 3.31. The van der Waals surface area contributed by atoms with E-state index in [1.54, 1.807) is 6.07 Å². The summed E-state index contributed by atoms with van der Waals surface area (Å²) in [5.41, 5.74) is 4.62. The molecule has 0 radical (unpaired) electrons. The van der Waals surface area contributed by atoms with Crippen LogP contribution >= 0.6 is 0 Å². The van der Waals surface area contributed by atoms with Crippen LogP contribution in [0.5, 0.6) is 0 Å². The van der Waals surface area contributed by atoms with E-state index in [1.807, 2.05) is 36.7 Å². The van der Waals surface area contributed by atoms with Crippen molar-refractivity contribution >= 4 is 5.97 Å². The van der Waals surface area contributed by atoms with Gasteiger partial charge in [-0.15, -0.1) is 0 Å². The predicted octanol–water partition coefficient (Wildman–Crippen LogP) is 3.35. The first-order chi connectivity index (χ1) is 8.56. The number of aromatic nitrogens is 1. The summed E-state index contributed by atoms with van der Waals surface area (Å²) in [7, 11) is 0. The molecule has 3 nitrogen and oxygen atoms in total. The third kappa shape index (κ3) is 1.92. The van der Waals surface area contributed by atoms with Crippen LogP contribution in [0.15, 0.2) is 30.5 Å². The minimum Gasteiger partial charge on any atom is -0.478 e. The molecule has 1 aromatic heterocycles. The Morgan fingerprint density at radius 2 is 2.00 bits per heavy atom. The number of benzene rings is 1. The van der Waals surface area contributed by atoms with E-state index in [0.717, 1.165) is 23.4 Å². The monoisotopic (exact) mass is 243 g/mol. The van der Waals surface area contributed by atoms with Gasteiger partial charge in [-0.25, -0.2) is 4.79 Å². The average molecular weight is 243 g/mol. The zero-order valence-electron chi connectivity index (χ0n) is 10.9. The molecule has 0 aliphatic carbocycles. The van der Waals surface area contributed by atoms with Crippen LogP contribution in [0.25, 0.3) is 5.69 Å². The molecule has 1 heterocycles. The highest BCUT2D eigenvalue weighted by Gasteiger charge is 2.14. The summed E-state index contributed by atoms with van der Waals surface area (Å²) < 4.78 is 1.97. The van der Waals surface area contributed by atoms with E-state index in [-0.39, 0.29) is 0 Å². The van der Waals surface area contributed by atoms with Crippen LogP contribution in [0.3, 0.4) is 0 Å². The van der Waals surface area contributed by atoms with Gasteiger partial charge < -0.3 is 9.67 Å². The molecule has 0 saturated heterocycles. The number of carboxylic acids is 1. The molecule has 0 spiro atoms. The Hall–Kier alpha value is -2.03. The van der Waals surface area contributed by atoms with Crippen LogP contribution < -0.4 is 0 Å². The Kier molecular flexibility index (Phi) is 3.24. The van der Waals surface area contributed by atoms with Crippen molar-refractivity contribution in [1.82, 2.24) is 4.57 Å². The number of aryl methyl sites for hydroxylation is 2. The number of aromatic carboxylic acids is 1. The van der Waals surface area contributed by atoms with Crippen molar-refractivity contribution in [2.45, 2.75) is 27.2 Å². The van der Waals surface area contributed by atoms with E-state index in [4.69, 9.17) is 5.11 Å². The molecule has 1 aromatic carbocycles. The van der Waals surface area contributed by atoms with E-state index in [2.05, 4.69) is 13.0 Å². The topological polar surface area (TPSA) is 42.2 Å². The lowest BCUT2D eigenvalue weighted by Crippen LogP contribution is -2.05. The van der Waals surface area contributed by atoms with Crippen molar-refractivity contribution in [2.24, 2.45) is 0 Å². The van der Waals surface area contributed by atoms with Gasteiger partial charge in [0.25, 0.3) is 0 Å². The molecule has 1 N–H and O–H groups in total. The van der Waals surface area contributed by atoms with Gasteiger partial charge in [0.1, 0.15) is 0 Å². The summed E-state index contributed by atoms with van der Waals surface area (Å²) in [5.74, 6) is -0.877. The van der Waals surface area contributed by atoms with Crippen molar-refractivity contribution in [3.63, 3.8) is 0 Å². The Balaban J connectivity index is 2.66. The van der Waals surface area contributed by atoms with Gasteiger partial charge in [-0.2, -0.15) is 0 Å². The van der Waals surface area contributed by atoms with E-state index in [0.29, 0.717) is 5.56 Å². The van der Waals surface area contributed by atoms with Crippen LogP contribution in [0, 0.1) is 13.8 Å². The molecule has 18 heavy (non-hydrogen) atoms. The summed E-state index contributed by atoms with van der Waals surface area (Å²) in [6.45, 7) is 6.00. The highest BCUT2D eigenvalue weighted by Crippen LogP contribution is 2.24. The summed E-state index contributed by atoms with van der Waals surface area (Å²) in [6, 6.07) is 7.83. The molecule has 0 amide bonds. The summed E-state index contributed by atoms with van der Waals surface area (Å²) in [6.07, 6.45) is 2.76. The first-order valence-corrected chi connectivity index (χ1v) is 6.06. The molecule has 0 unspecified atom stereocenters. The lowest BCUT2D eigenvalue weighted by Gasteiger charge is -2.14. The van der Waals surface area contributed by atoms with Gasteiger partial charge in [0.2, 0.25) is 0 Å². The zero-order valence-corrected chi connectivity index (χ0v) is 10.9. The number of nitrogens with zero attached hydrogens (tertiary/aromatic N) is 1. The minimum absolute atomic E-state index is 0.361. The van der Waals surface area contributed by atoms with Gasteiger partial charge in [-0.05, 0) is 37.5 Å². The largest absolute Gasteiger partial charge is 0.478 e. The normalized spacial score (nSPS) is 10.6. The molecule has 3 heteroatoms. The summed E-state index contributed by atoms with van der Waals surface area (Å²) in [5, 5.41) is 9.11. The van der Waals surface area contributed by atoms with Gasteiger partial charge in [0.15, 0.2) is 0 Å². The molecule has 2 aromatic rings. The maximum Gasteiger partial charge on any atom is 0.337 e. The number of carbonyl (C=O) groups is 1. The van der Waals surface area contributed by atoms with Crippen LogP contribution in [0.2, 0.25) is 0 Å². The number of carboxylic acid groups (broad SMARTS) is 1. The quantitative estimate of drug-likeness (QED) is 0.898. The van der Waals surface area contributed by atoms with Crippen molar-refractivity contribution in [2.75, 3.05) is 0 Å². The minimum atomic E-state index is -0.877. The smallest absolute Gasteiger partial charge is 0.337 e.